The van der Waals surface area contributed by atoms with Gasteiger partial charge in [0, 0.05) is 0 Å². The molecule has 0 aromatic carbocycles. The minimum absolute atomic E-state index is 0.0176. The molecule has 1 rings (SSSR count). The van der Waals surface area contributed by atoms with E-state index in [1.54, 1.807) is 0 Å². The number of alkyl halides is 3. The fraction of sp³-hybridized carbons (Fsp3) is 0.875. The number of hydrogen-bond acceptors (Lipinski definition) is 3. The van der Waals surface area contributed by atoms with Gasteiger partial charge in [-0.1, -0.05) is 0 Å². The van der Waals surface area contributed by atoms with E-state index in [0.717, 1.165) is 7.11 Å². The standard InChI is InChI=1S/C8H12F3NO2/c1-14-7(13)6-5(8(9,10)11)3-2-4-12-6/h5-6,12H,2-4H2,1H3. The third-order valence-corrected chi connectivity index (χ3v) is 2.33. The molecule has 1 aliphatic rings. The average molecular weight is 211 g/mol. The summed E-state index contributed by atoms with van der Waals surface area (Å²) >= 11 is 0. The molecular formula is C8H12F3NO2. The summed E-state index contributed by atoms with van der Waals surface area (Å²) in [6.45, 7) is 0.423. The Kier molecular flexibility index (Phi) is 3.36. The monoisotopic (exact) mass is 211 g/mol. The Labute approximate surface area is 79.6 Å². The largest absolute Gasteiger partial charge is 0.468 e. The highest BCUT2D eigenvalue weighted by molar-refractivity contribution is 5.76. The molecule has 0 bridgehead atoms. The van der Waals surface area contributed by atoms with Crippen molar-refractivity contribution in [2.24, 2.45) is 5.92 Å². The first-order valence-corrected chi connectivity index (χ1v) is 4.34. The molecule has 0 saturated carbocycles. The molecule has 0 spiro atoms. The number of carbonyl (C=O) groups excluding carboxylic acids is 1. The Balaban J connectivity index is 2.74. The maximum absolute atomic E-state index is 12.4. The first-order valence-electron chi connectivity index (χ1n) is 4.34. The van der Waals surface area contributed by atoms with Crippen molar-refractivity contribution in [1.82, 2.24) is 5.32 Å². The van der Waals surface area contributed by atoms with Crippen molar-refractivity contribution < 1.29 is 22.7 Å². The fourth-order valence-electron chi connectivity index (χ4n) is 1.62. The van der Waals surface area contributed by atoms with Crippen LogP contribution in [0.5, 0.6) is 0 Å². The second kappa shape index (κ2) is 4.16. The molecule has 2 atom stereocenters. The molecule has 0 aromatic rings. The van der Waals surface area contributed by atoms with Gasteiger partial charge in [-0.05, 0) is 19.4 Å². The van der Waals surface area contributed by atoms with Crippen molar-refractivity contribution in [3.63, 3.8) is 0 Å². The van der Waals surface area contributed by atoms with E-state index in [1.165, 1.54) is 0 Å². The lowest BCUT2D eigenvalue weighted by Crippen LogP contribution is -2.52. The molecule has 1 saturated heterocycles. The van der Waals surface area contributed by atoms with Crippen molar-refractivity contribution in [2.45, 2.75) is 25.1 Å². The fourth-order valence-corrected chi connectivity index (χ4v) is 1.62. The predicted octanol–water partition coefficient (Wildman–Crippen LogP) is 1.09. The van der Waals surface area contributed by atoms with Crippen molar-refractivity contribution in [3.05, 3.63) is 0 Å². The zero-order valence-corrected chi connectivity index (χ0v) is 7.73. The molecule has 1 N–H and O–H groups in total. The van der Waals surface area contributed by atoms with Gasteiger partial charge >= 0.3 is 12.1 Å². The number of methoxy groups -OCH3 is 1. The van der Waals surface area contributed by atoms with E-state index >= 15 is 0 Å². The molecule has 1 heterocycles. The Hall–Kier alpha value is -0.780. The van der Waals surface area contributed by atoms with Crippen LogP contribution in [-0.2, 0) is 9.53 Å². The lowest BCUT2D eigenvalue weighted by molar-refractivity contribution is -0.195. The third kappa shape index (κ3) is 2.37. The van der Waals surface area contributed by atoms with Crippen LogP contribution in [-0.4, -0.2) is 31.8 Å². The first-order chi connectivity index (χ1) is 6.46. The molecule has 0 radical (unpaired) electrons. The number of halogens is 3. The summed E-state index contributed by atoms with van der Waals surface area (Å²) in [6.07, 6.45) is -3.93. The van der Waals surface area contributed by atoms with E-state index in [0.29, 0.717) is 13.0 Å². The van der Waals surface area contributed by atoms with Crippen molar-refractivity contribution in [3.8, 4) is 0 Å². The first kappa shape index (κ1) is 11.3. The van der Waals surface area contributed by atoms with Gasteiger partial charge in [0.25, 0.3) is 0 Å². The van der Waals surface area contributed by atoms with Gasteiger partial charge in [-0.25, -0.2) is 0 Å². The van der Waals surface area contributed by atoms with Gasteiger partial charge < -0.3 is 10.1 Å². The number of hydrogen-bond donors (Lipinski definition) is 1. The van der Waals surface area contributed by atoms with E-state index in [-0.39, 0.29) is 6.42 Å². The number of carbonyl (C=O) groups is 1. The lowest BCUT2D eigenvalue weighted by atomic mass is 9.90. The molecule has 6 heteroatoms. The van der Waals surface area contributed by atoms with Gasteiger partial charge in [0.1, 0.15) is 6.04 Å². The van der Waals surface area contributed by atoms with Crippen molar-refractivity contribution in [2.75, 3.05) is 13.7 Å². The van der Waals surface area contributed by atoms with Gasteiger partial charge in [-0.3, -0.25) is 4.79 Å². The number of esters is 1. The maximum Gasteiger partial charge on any atom is 0.393 e. The zero-order chi connectivity index (χ0) is 10.8. The van der Waals surface area contributed by atoms with Crippen molar-refractivity contribution >= 4 is 5.97 Å². The SMILES string of the molecule is COC(=O)C1NCCCC1C(F)(F)F. The number of ether oxygens (including phenoxy) is 1. The Bertz CT molecular complexity index is 217. The van der Waals surface area contributed by atoms with Gasteiger partial charge in [0.15, 0.2) is 0 Å². The van der Waals surface area contributed by atoms with Crippen LogP contribution in [0.3, 0.4) is 0 Å². The molecule has 2 unspecified atom stereocenters. The summed E-state index contributed by atoms with van der Waals surface area (Å²) in [7, 11) is 1.09. The molecule has 0 aliphatic carbocycles. The summed E-state index contributed by atoms with van der Waals surface area (Å²) in [5.41, 5.74) is 0. The molecule has 1 fully saturated rings. The Morgan fingerprint density at radius 1 is 1.50 bits per heavy atom. The van der Waals surface area contributed by atoms with Crippen LogP contribution < -0.4 is 5.32 Å². The van der Waals surface area contributed by atoms with Crippen LogP contribution in [0.2, 0.25) is 0 Å². The summed E-state index contributed by atoms with van der Waals surface area (Å²) in [5.74, 6) is -2.46. The quantitative estimate of drug-likeness (QED) is 0.660. The van der Waals surface area contributed by atoms with E-state index in [1.807, 2.05) is 0 Å². The topological polar surface area (TPSA) is 38.3 Å². The van der Waals surface area contributed by atoms with E-state index in [4.69, 9.17) is 0 Å². The Morgan fingerprint density at radius 3 is 2.64 bits per heavy atom. The molecule has 1 aliphatic heterocycles. The zero-order valence-electron chi connectivity index (χ0n) is 7.73. The minimum atomic E-state index is -4.34. The summed E-state index contributed by atoms with van der Waals surface area (Å²) in [5, 5.41) is 2.53. The van der Waals surface area contributed by atoms with E-state index in [9.17, 15) is 18.0 Å². The number of piperidine rings is 1. The highest BCUT2D eigenvalue weighted by Gasteiger charge is 2.48. The summed E-state index contributed by atoms with van der Waals surface area (Å²) in [4.78, 5) is 11.0. The summed E-state index contributed by atoms with van der Waals surface area (Å²) in [6, 6.07) is -1.24. The number of rotatable bonds is 1. The molecule has 0 amide bonds. The van der Waals surface area contributed by atoms with Gasteiger partial charge in [-0.15, -0.1) is 0 Å². The van der Waals surface area contributed by atoms with Crippen LogP contribution in [0, 0.1) is 5.92 Å². The van der Waals surface area contributed by atoms with Crippen LogP contribution in [0.1, 0.15) is 12.8 Å². The second-order valence-corrected chi connectivity index (χ2v) is 3.25. The third-order valence-electron chi connectivity index (χ3n) is 2.33. The van der Waals surface area contributed by atoms with Gasteiger partial charge in [0.2, 0.25) is 0 Å². The molecular weight excluding hydrogens is 199 g/mol. The van der Waals surface area contributed by atoms with Gasteiger partial charge in [0.05, 0.1) is 13.0 Å². The highest BCUT2D eigenvalue weighted by Crippen LogP contribution is 2.34. The smallest absolute Gasteiger partial charge is 0.393 e. The van der Waals surface area contributed by atoms with E-state index < -0.39 is 24.1 Å². The van der Waals surface area contributed by atoms with Crippen LogP contribution in [0.15, 0.2) is 0 Å². The molecule has 82 valence electrons. The van der Waals surface area contributed by atoms with E-state index in [2.05, 4.69) is 10.1 Å². The highest BCUT2D eigenvalue weighted by atomic mass is 19.4. The lowest BCUT2D eigenvalue weighted by Gasteiger charge is -2.31. The van der Waals surface area contributed by atoms with Crippen LogP contribution >= 0.6 is 0 Å². The minimum Gasteiger partial charge on any atom is -0.468 e. The second-order valence-electron chi connectivity index (χ2n) is 3.25. The van der Waals surface area contributed by atoms with Crippen LogP contribution in [0.4, 0.5) is 13.2 Å². The molecule has 0 aromatic heterocycles. The molecule has 3 nitrogen and oxygen atoms in total. The van der Waals surface area contributed by atoms with Gasteiger partial charge in [-0.2, -0.15) is 13.2 Å². The number of nitrogens with one attached hydrogen (secondary N) is 1. The summed E-state index contributed by atoms with van der Waals surface area (Å²) < 4.78 is 41.6. The normalized spacial score (nSPS) is 28.6. The maximum atomic E-state index is 12.4. The molecule has 14 heavy (non-hydrogen) atoms. The van der Waals surface area contributed by atoms with Crippen molar-refractivity contribution in [1.29, 1.82) is 0 Å². The Morgan fingerprint density at radius 2 is 2.14 bits per heavy atom. The van der Waals surface area contributed by atoms with Crippen LogP contribution in [0.25, 0.3) is 0 Å². The predicted molar refractivity (Wildman–Crippen MR) is 42.6 cm³/mol. The average Bonchev–Trinajstić information content (AvgIpc) is 2.15.